The summed E-state index contributed by atoms with van der Waals surface area (Å²) in [6.45, 7) is 1.44. The lowest BCUT2D eigenvalue weighted by atomic mass is 10.1. The molecule has 1 rings (SSSR count). The zero-order valence-corrected chi connectivity index (χ0v) is 6.50. The summed E-state index contributed by atoms with van der Waals surface area (Å²) in [6, 6.07) is 0. The molecule has 0 aliphatic carbocycles. The second-order valence-electron chi connectivity index (χ2n) is 2.50. The van der Waals surface area contributed by atoms with E-state index in [4.69, 9.17) is 16.6 Å². The number of phenolic OH excluding ortho intramolecular Hbond substituents is 3. The van der Waals surface area contributed by atoms with Crippen molar-refractivity contribution in [3.63, 3.8) is 0 Å². The fraction of sp³-hybridized carbons (Fsp3) is 0.143. The summed E-state index contributed by atoms with van der Waals surface area (Å²) in [5.41, 5.74) is 10.2. The molecule has 0 saturated carbocycles. The lowest BCUT2D eigenvalue weighted by molar-refractivity contribution is 0.429. The molecule has 0 atom stereocenters. The minimum Gasteiger partial charge on any atom is -0.505 e. The van der Waals surface area contributed by atoms with Crippen molar-refractivity contribution in [2.24, 2.45) is 0 Å². The molecule has 0 fully saturated rings. The van der Waals surface area contributed by atoms with Crippen LogP contribution in [0.5, 0.6) is 17.2 Å². The average molecular weight is 170 g/mol. The van der Waals surface area contributed by atoms with Crippen molar-refractivity contribution in [3.05, 3.63) is 5.56 Å². The van der Waals surface area contributed by atoms with E-state index in [9.17, 15) is 10.2 Å². The highest BCUT2D eigenvalue weighted by molar-refractivity contribution is 5.80. The summed E-state index contributed by atoms with van der Waals surface area (Å²) >= 11 is 0. The molecule has 5 nitrogen and oxygen atoms in total. The number of benzene rings is 1. The predicted octanol–water partition coefficient (Wildman–Crippen LogP) is 0.276. The third kappa shape index (κ3) is 0.868. The Morgan fingerprint density at radius 2 is 1.17 bits per heavy atom. The van der Waals surface area contributed by atoms with Crippen molar-refractivity contribution >= 4 is 11.4 Å². The second-order valence-corrected chi connectivity index (χ2v) is 2.50. The normalized spacial score (nSPS) is 10.1. The zero-order chi connectivity index (χ0) is 9.46. The van der Waals surface area contributed by atoms with Crippen molar-refractivity contribution in [1.29, 1.82) is 0 Å². The molecule has 0 amide bonds. The van der Waals surface area contributed by atoms with Gasteiger partial charge in [-0.15, -0.1) is 0 Å². The van der Waals surface area contributed by atoms with E-state index in [2.05, 4.69) is 0 Å². The molecule has 0 unspecified atom stereocenters. The van der Waals surface area contributed by atoms with Gasteiger partial charge in [0.25, 0.3) is 0 Å². The number of nitrogens with two attached hydrogens (primary N) is 2. The predicted molar refractivity (Wildman–Crippen MR) is 45.0 cm³/mol. The molecule has 7 N–H and O–H groups in total. The molecule has 1 aromatic carbocycles. The Hall–Kier alpha value is -1.78. The SMILES string of the molecule is Cc1c(O)c(N)c(O)c(N)c1O. The van der Waals surface area contributed by atoms with Crippen LogP contribution in [0.3, 0.4) is 0 Å². The molecule has 0 heterocycles. The highest BCUT2D eigenvalue weighted by atomic mass is 16.3. The molecule has 0 aliphatic heterocycles. The molecule has 0 radical (unpaired) electrons. The molecule has 0 saturated heterocycles. The minimum atomic E-state index is -0.490. The van der Waals surface area contributed by atoms with Crippen LogP contribution in [0.4, 0.5) is 11.4 Å². The third-order valence-electron chi connectivity index (χ3n) is 1.73. The Kier molecular flexibility index (Phi) is 1.64. The lowest BCUT2D eigenvalue weighted by Crippen LogP contribution is -1.95. The second kappa shape index (κ2) is 2.37. The molecule has 0 aromatic heterocycles. The van der Waals surface area contributed by atoms with E-state index in [1.165, 1.54) is 6.92 Å². The summed E-state index contributed by atoms with van der Waals surface area (Å²) in [4.78, 5) is 0. The summed E-state index contributed by atoms with van der Waals surface area (Å²) in [7, 11) is 0. The van der Waals surface area contributed by atoms with Crippen molar-refractivity contribution in [1.82, 2.24) is 0 Å². The number of rotatable bonds is 0. The van der Waals surface area contributed by atoms with Gasteiger partial charge in [0.15, 0.2) is 5.75 Å². The van der Waals surface area contributed by atoms with Gasteiger partial charge < -0.3 is 26.8 Å². The first kappa shape index (κ1) is 8.32. The Morgan fingerprint density at radius 3 is 1.50 bits per heavy atom. The molecular weight excluding hydrogens is 160 g/mol. The lowest BCUT2D eigenvalue weighted by Gasteiger charge is -2.10. The Balaban J connectivity index is 3.60. The molecule has 0 spiro atoms. The first-order valence-corrected chi connectivity index (χ1v) is 3.25. The maximum absolute atomic E-state index is 9.19. The van der Waals surface area contributed by atoms with Gasteiger partial charge in [0, 0.05) is 5.56 Å². The van der Waals surface area contributed by atoms with Crippen LogP contribution in [0.15, 0.2) is 0 Å². The number of anilines is 2. The number of hydrogen-bond acceptors (Lipinski definition) is 5. The molecule has 0 bridgehead atoms. The van der Waals surface area contributed by atoms with Crippen molar-refractivity contribution < 1.29 is 15.3 Å². The van der Waals surface area contributed by atoms with Crippen molar-refractivity contribution in [2.75, 3.05) is 11.5 Å². The van der Waals surface area contributed by atoms with Gasteiger partial charge in [0.05, 0.1) is 0 Å². The smallest absolute Gasteiger partial charge is 0.169 e. The van der Waals surface area contributed by atoms with Gasteiger partial charge in [-0.1, -0.05) is 0 Å². The summed E-state index contributed by atoms with van der Waals surface area (Å²) in [5, 5.41) is 27.5. The first-order chi connectivity index (χ1) is 5.46. The van der Waals surface area contributed by atoms with E-state index in [0.29, 0.717) is 0 Å². The van der Waals surface area contributed by atoms with Gasteiger partial charge in [0.2, 0.25) is 0 Å². The van der Waals surface area contributed by atoms with Gasteiger partial charge in [-0.2, -0.15) is 0 Å². The van der Waals surface area contributed by atoms with Crippen molar-refractivity contribution in [3.8, 4) is 17.2 Å². The molecular formula is C7H10N2O3. The highest BCUT2D eigenvalue weighted by Crippen LogP contribution is 2.44. The van der Waals surface area contributed by atoms with Crippen LogP contribution in [0.25, 0.3) is 0 Å². The quantitative estimate of drug-likeness (QED) is 0.218. The summed E-state index contributed by atoms with van der Waals surface area (Å²) in [6.07, 6.45) is 0. The maximum Gasteiger partial charge on any atom is 0.169 e. The van der Waals surface area contributed by atoms with E-state index < -0.39 is 5.75 Å². The van der Waals surface area contributed by atoms with Crippen LogP contribution in [-0.2, 0) is 0 Å². The van der Waals surface area contributed by atoms with Crippen LogP contribution in [0.2, 0.25) is 0 Å². The topological polar surface area (TPSA) is 113 Å². The largest absolute Gasteiger partial charge is 0.505 e. The molecule has 66 valence electrons. The van der Waals surface area contributed by atoms with Crippen LogP contribution >= 0.6 is 0 Å². The molecule has 0 aliphatic rings. The number of hydrogen-bond donors (Lipinski definition) is 5. The third-order valence-corrected chi connectivity index (χ3v) is 1.73. The van der Waals surface area contributed by atoms with Crippen LogP contribution < -0.4 is 11.5 Å². The van der Waals surface area contributed by atoms with E-state index in [0.717, 1.165) is 0 Å². The standard InChI is InChI=1S/C7H10N2O3/c1-2-5(10)3(8)7(12)4(9)6(2)11/h10-12H,8-9H2,1H3. The first-order valence-electron chi connectivity index (χ1n) is 3.25. The Labute approximate surface area is 68.9 Å². The Bertz CT molecular complexity index is 231. The number of nitrogen functional groups attached to an aromatic ring is 2. The van der Waals surface area contributed by atoms with Gasteiger partial charge in [-0.3, -0.25) is 0 Å². The highest BCUT2D eigenvalue weighted by Gasteiger charge is 2.16. The van der Waals surface area contributed by atoms with E-state index >= 15 is 0 Å². The fourth-order valence-electron chi connectivity index (χ4n) is 0.886. The number of phenols is 3. The molecule has 1 aromatic rings. The van der Waals surface area contributed by atoms with Crippen LogP contribution in [0.1, 0.15) is 5.56 Å². The molecule has 12 heavy (non-hydrogen) atoms. The van der Waals surface area contributed by atoms with Gasteiger partial charge >= 0.3 is 0 Å². The van der Waals surface area contributed by atoms with E-state index in [-0.39, 0.29) is 28.4 Å². The van der Waals surface area contributed by atoms with E-state index in [1.807, 2.05) is 0 Å². The number of aromatic hydroxyl groups is 3. The fourth-order valence-corrected chi connectivity index (χ4v) is 0.886. The van der Waals surface area contributed by atoms with Crippen LogP contribution in [0, 0.1) is 6.92 Å². The van der Waals surface area contributed by atoms with Crippen molar-refractivity contribution in [2.45, 2.75) is 6.92 Å². The average Bonchev–Trinajstić information content (AvgIpc) is 2.08. The monoisotopic (exact) mass is 170 g/mol. The Morgan fingerprint density at radius 1 is 0.833 bits per heavy atom. The van der Waals surface area contributed by atoms with Gasteiger partial charge in [-0.05, 0) is 6.92 Å². The summed E-state index contributed by atoms with van der Waals surface area (Å²) < 4.78 is 0. The molecule has 5 heteroatoms. The van der Waals surface area contributed by atoms with Gasteiger partial charge in [0.1, 0.15) is 22.9 Å². The zero-order valence-electron chi connectivity index (χ0n) is 6.50. The van der Waals surface area contributed by atoms with E-state index in [1.54, 1.807) is 0 Å². The maximum atomic E-state index is 9.19. The summed E-state index contributed by atoms with van der Waals surface area (Å²) in [5.74, 6) is -1.19. The van der Waals surface area contributed by atoms with Crippen LogP contribution in [-0.4, -0.2) is 15.3 Å². The minimum absolute atomic E-state index is 0.155. The van der Waals surface area contributed by atoms with Gasteiger partial charge in [-0.25, -0.2) is 0 Å².